The van der Waals surface area contributed by atoms with Crippen LogP contribution in [0.5, 0.6) is 0 Å². The lowest BCUT2D eigenvalue weighted by molar-refractivity contribution is -0.140. The summed E-state index contributed by atoms with van der Waals surface area (Å²) in [7, 11) is 0. The zero-order chi connectivity index (χ0) is 14.0. The molecule has 0 bridgehead atoms. The summed E-state index contributed by atoms with van der Waals surface area (Å²) in [4.78, 5) is 5.97. The number of aromatic nitrogens is 1. The Morgan fingerprint density at radius 3 is 2.47 bits per heavy atom. The number of hydrogen-bond donors (Lipinski definition) is 1. The molecular weight excluding hydrogens is 275 g/mol. The number of alkyl halides is 3. The first-order chi connectivity index (χ1) is 8.86. The van der Waals surface area contributed by atoms with Gasteiger partial charge in [-0.05, 0) is 26.7 Å². The Hall–Kier alpha value is -0.820. The van der Waals surface area contributed by atoms with E-state index in [-0.39, 0.29) is 6.04 Å². The molecule has 2 heterocycles. The molecule has 3 nitrogen and oxygen atoms in total. The fourth-order valence-electron chi connectivity index (χ4n) is 2.21. The first kappa shape index (κ1) is 14.6. The van der Waals surface area contributed by atoms with E-state index in [0.29, 0.717) is 11.2 Å². The fraction of sp³-hybridized carbons (Fsp3) is 0.750. The van der Waals surface area contributed by atoms with E-state index in [9.17, 15) is 13.2 Å². The maximum atomic E-state index is 12.4. The summed E-state index contributed by atoms with van der Waals surface area (Å²) < 4.78 is 37.3. The lowest BCUT2D eigenvalue weighted by Gasteiger charge is -2.34. The van der Waals surface area contributed by atoms with E-state index < -0.39 is 11.9 Å². The number of rotatable bonds is 3. The zero-order valence-electron chi connectivity index (χ0n) is 11.0. The molecule has 0 spiro atoms. The Bertz CT molecular complexity index is 409. The molecule has 0 atom stereocenters. The van der Waals surface area contributed by atoms with Crippen molar-refractivity contribution >= 4 is 16.5 Å². The van der Waals surface area contributed by atoms with Gasteiger partial charge in [-0.25, -0.2) is 4.98 Å². The molecule has 0 amide bonds. The zero-order valence-corrected chi connectivity index (χ0v) is 11.8. The van der Waals surface area contributed by atoms with Gasteiger partial charge in [-0.3, -0.25) is 0 Å². The van der Waals surface area contributed by atoms with Crippen molar-refractivity contribution in [3.05, 3.63) is 11.1 Å². The van der Waals surface area contributed by atoms with E-state index in [0.717, 1.165) is 42.6 Å². The maximum Gasteiger partial charge on any atom is 0.434 e. The van der Waals surface area contributed by atoms with Crippen molar-refractivity contribution in [1.29, 1.82) is 0 Å². The summed E-state index contributed by atoms with van der Waals surface area (Å²) >= 11 is 1.02. The van der Waals surface area contributed by atoms with E-state index >= 15 is 0 Å². The van der Waals surface area contributed by atoms with E-state index in [4.69, 9.17) is 0 Å². The van der Waals surface area contributed by atoms with Gasteiger partial charge >= 0.3 is 6.18 Å². The third kappa shape index (κ3) is 3.82. The van der Waals surface area contributed by atoms with Crippen LogP contribution in [0.15, 0.2) is 5.38 Å². The molecule has 2 rings (SSSR count). The Morgan fingerprint density at radius 2 is 2.00 bits per heavy atom. The van der Waals surface area contributed by atoms with Gasteiger partial charge in [-0.1, -0.05) is 0 Å². The molecule has 108 valence electrons. The molecule has 1 aliphatic rings. The Labute approximate surface area is 114 Å². The van der Waals surface area contributed by atoms with Crippen LogP contribution in [0.25, 0.3) is 0 Å². The van der Waals surface area contributed by atoms with Gasteiger partial charge in [0.25, 0.3) is 0 Å². The van der Waals surface area contributed by atoms with Crippen LogP contribution in [0.1, 0.15) is 32.4 Å². The van der Waals surface area contributed by atoms with Crippen molar-refractivity contribution in [2.24, 2.45) is 0 Å². The van der Waals surface area contributed by atoms with Gasteiger partial charge in [-0.2, -0.15) is 13.2 Å². The van der Waals surface area contributed by atoms with Crippen LogP contribution < -0.4 is 5.32 Å². The highest BCUT2D eigenvalue weighted by atomic mass is 32.1. The second-order valence-corrected chi connectivity index (χ2v) is 5.94. The minimum atomic E-state index is -4.35. The Balaban J connectivity index is 1.87. The molecule has 1 aromatic rings. The average Bonchev–Trinajstić information content (AvgIpc) is 2.78. The minimum absolute atomic E-state index is 0.224. The van der Waals surface area contributed by atoms with Gasteiger partial charge in [-0.15, -0.1) is 11.3 Å². The maximum absolute atomic E-state index is 12.4. The normalized spacial score (nSPS) is 19.1. The lowest BCUT2D eigenvalue weighted by atomic mass is 10.0. The number of thiazole rings is 1. The van der Waals surface area contributed by atoms with Crippen molar-refractivity contribution < 1.29 is 13.2 Å². The monoisotopic (exact) mass is 293 g/mol. The van der Waals surface area contributed by atoms with Crippen molar-refractivity contribution in [1.82, 2.24) is 9.88 Å². The minimum Gasteiger partial charge on any atom is -0.359 e. The topological polar surface area (TPSA) is 28.2 Å². The highest BCUT2D eigenvalue weighted by Gasteiger charge is 2.34. The summed E-state index contributed by atoms with van der Waals surface area (Å²) in [6.07, 6.45) is -2.46. The van der Waals surface area contributed by atoms with Gasteiger partial charge in [0.15, 0.2) is 10.8 Å². The molecule has 1 N–H and O–H groups in total. The predicted octanol–water partition coefficient (Wildman–Crippen LogP) is 3.45. The smallest absolute Gasteiger partial charge is 0.359 e. The second-order valence-electron chi connectivity index (χ2n) is 5.08. The Kier molecular flexibility index (Phi) is 4.35. The largest absolute Gasteiger partial charge is 0.434 e. The Morgan fingerprint density at radius 1 is 1.37 bits per heavy atom. The van der Waals surface area contributed by atoms with Crippen molar-refractivity contribution in [2.75, 3.05) is 18.4 Å². The molecule has 1 aliphatic heterocycles. The number of anilines is 1. The molecule has 0 aromatic carbocycles. The SMILES string of the molecule is CC(C)N1CCC(Nc2nc(C(F)(F)F)cs2)CC1. The molecule has 19 heavy (non-hydrogen) atoms. The molecule has 0 radical (unpaired) electrons. The highest BCUT2D eigenvalue weighted by Crippen LogP contribution is 2.32. The van der Waals surface area contributed by atoms with Gasteiger partial charge in [0.1, 0.15) is 0 Å². The molecule has 0 aliphatic carbocycles. The number of likely N-dealkylation sites (tertiary alicyclic amines) is 1. The molecular formula is C12H18F3N3S. The first-order valence-corrected chi connectivity index (χ1v) is 7.27. The highest BCUT2D eigenvalue weighted by molar-refractivity contribution is 7.13. The summed E-state index contributed by atoms with van der Waals surface area (Å²) in [5, 5.41) is 4.55. The lowest BCUT2D eigenvalue weighted by Crippen LogP contribution is -2.42. The van der Waals surface area contributed by atoms with E-state index in [1.807, 2.05) is 0 Å². The third-order valence-electron chi connectivity index (χ3n) is 3.38. The van der Waals surface area contributed by atoms with Crippen molar-refractivity contribution in [2.45, 2.75) is 44.9 Å². The number of nitrogens with zero attached hydrogens (tertiary/aromatic N) is 2. The summed E-state index contributed by atoms with van der Waals surface area (Å²) in [5.74, 6) is 0. The van der Waals surface area contributed by atoms with Crippen LogP contribution in [0.4, 0.5) is 18.3 Å². The van der Waals surface area contributed by atoms with E-state index in [1.165, 1.54) is 0 Å². The van der Waals surface area contributed by atoms with Crippen LogP contribution in [-0.2, 0) is 6.18 Å². The van der Waals surface area contributed by atoms with E-state index in [2.05, 4.69) is 29.0 Å². The molecule has 1 saturated heterocycles. The van der Waals surface area contributed by atoms with Gasteiger partial charge in [0, 0.05) is 30.6 Å². The quantitative estimate of drug-likeness (QED) is 0.925. The standard InChI is InChI=1S/C12H18F3N3S/c1-8(2)18-5-3-9(4-6-18)16-11-17-10(7-19-11)12(13,14)15/h7-9H,3-6H2,1-2H3,(H,16,17). The molecule has 1 aromatic heterocycles. The summed E-state index contributed by atoms with van der Waals surface area (Å²) in [5.41, 5.74) is -0.806. The average molecular weight is 293 g/mol. The van der Waals surface area contributed by atoms with Gasteiger partial charge in [0.2, 0.25) is 0 Å². The van der Waals surface area contributed by atoms with Crippen LogP contribution in [-0.4, -0.2) is 35.1 Å². The van der Waals surface area contributed by atoms with Crippen LogP contribution in [0, 0.1) is 0 Å². The van der Waals surface area contributed by atoms with Crippen molar-refractivity contribution in [3.63, 3.8) is 0 Å². The van der Waals surface area contributed by atoms with Crippen LogP contribution >= 0.6 is 11.3 Å². The van der Waals surface area contributed by atoms with Gasteiger partial charge < -0.3 is 10.2 Å². The number of hydrogen-bond acceptors (Lipinski definition) is 4. The number of halogens is 3. The van der Waals surface area contributed by atoms with Crippen LogP contribution in [0.2, 0.25) is 0 Å². The van der Waals surface area contributed by atoms with Crippen molar-refractivity contribution in [3.8, 4) is 0 Å². The van der Waals surface area contributed by atoms with E-state index in [1.54, 1.807) is 0 Å². The second kappa shape index (κ2) is 5.66. The van der Waals surface area contributed by atoms with Gasteiger partial charge in [0.05, 0.1) is 0 Å². The summed E-state index contributed by atoms with van der Waals surface area (Å²) in [6, 6.07) is 0.750. The third-order valence-corrected chi connectivity index (χ3v) is 4.16. The first-order valence-electron chi connectivity index (χ1n) is 6.39. The number of piperidine rings is 1. The molecule has 0 unspecified atom stereocenters. The fourth-order valence-corrected chi connectivity index (χ4v) is 3.00. The summed E-state index contributed by atoms with van der Waals surface area (Å²) in [6.45, 7) is 6.27. The molecule has 1 fully saturated rings. The van der Waals surface area contributed by atoms with Crippen LogP contribution in [0.3, 0.4) is 0 Å². The molecule has 0 saturated carbocycles. The number of nitrogens with one attached hydrogen (secondary N) is 1. The predicted molar refractivity (Wildman–Crippen MR) is 70.5 cm³/mol. The molecule has 7 heteroatoms.